The van der Waals surface area contributed by atoms with E-state index in [2.05, 4.69) is 0 Å². The maximum Gasteiger partial charge on any atom is 0.167 e. The van der Waals surface area contributed by atoms with Crippen LogP contribution in [0, 0.1) is 5.82 Å². The van der Waals surface area contributed by atoms with Crippen LogP contribution < -0.4 is 0 Å². The van der Waals surface area contributed by atoms with Crippen molar-refractivity contribution in [3.63, 3.8) is 0 Å². The topological polar surface area (TPSA) is 37.3 Å². The Labute approximate surface area is 68.6 Å². The van der Waals surface area contributed by atoms with Gasteiger partial charge in [0, 0.05) is 6.42 Å². The second-order valence-corrected chi connectivity index (χ2v) is 2.85. The first-order chi connectivity index (χ1) is 5.70. The van der Waals surface area contributed by atoms with Gasteiger partial charge in [0.1, 0.15) is 0 Å². The summed E-state index contributed by atoms with van der Waals surface area (Å²) in [5.74, 6) is -1.37. The molecule has 1 aromatic rings. The van der Waals surface area contributed by atoms with Crippen molar-refractivity contribution in [2.45, 2.75) is 12.8 Å². The Kier molecular flexibility index (Phi) is 1.40. The first kappa shape index (κ1) is 7.28. The Balaban J connectivity index is 2.71. The largest absolute Gasteiger partial charge is 0.504 e. The van der Waals surface area contributed by atoms with E-state index in [1.54, 1.807) is 6.07 Å². The molecule has 12 heavy (non-hydrogen) atoms. The quantitative estimate of drug-likeness (QED) is 0.636. The minimum Gasteiger partial charge on any atom is -0.504 e. The predicted octanol–water partition coefficient (Wildman–Crippen LogP) is 1.66. The molecule has 0 radical (unpaired) electrons. The Bertz CT molecular complexity index is 358. The number of benzene rings is 1. The smallest absolute Gasteiger partial charge is 0.167 e. The summed E-state index contributed by atoms with van der Waals surface area (Å²) < 4.78 is 12.7. The number of fused-ring (bicyclic) bond motifs is 1. The lowest BCUT2D eigenvalue weighted by Crippen LogP contribution is -1.93. The monoisotopic (exact) mass is 166 g/mol. The minimum atomic E-state index is -0.719. The van der Waals surface area contributed by atoms with E-state index in [9.17, 15) is 14.3 Å². The SMILES string of the molecule is O=C1CCc2ccc(F)c(O)c21. The van der Waals surface area contributed by atoms with E-state index in [0.717, 1.165) is 5.56 Å². The highest BCUT2D eigenvalue weighted by Crippen LogP contribution is 2.31. The third-order valence-corrected chi connectivity index (χ3v) is 2.12. The van der Waals surface area contributed by atoms with Gasteiger partial charge in [0.2, 0.25) is 0 Å². The average Bonchev–Trinajstić information content (AvgIpc) is 2.41. The van der Waals surface area contributed by atoms with Crippen LogP contribution in [0.15, 0.2) is 12.1 Å². The molecule has 0 saturated heterocycles. The molecule has 3 heteroatoms. The maximum absolute atomic E-state index is 12.7. The molecule has 0 unspecified atom stereocenters. The van der Waals surface area contributed by atoms with Crippen molar-refractivity contribution in [1.29, 1.82) is 0 Å². The molecule has 62 valence electrons. The average molecular weight is 166 g/mol. The summed E-state index contributed by atoms with van der Waals surface area (Å²) in [4.78, 5) is 11.1. The summed E-state index contributed by atoms with van der Waals surface area (Å²) >= 11 is 0. The van der Waals surface area contributed by atoms with Gasteiger partial charge >= 0.3 is 0 Å². The van der Waals surface area contributed by atoms with Crippen molar-refractivity contribution in [2.75, 3.05) is 0 Å². The van der Waals surface area contributed by atoms with Gasteiger partial charge in [0.05, 0.1) is 5.56 Å². The molecule has 0 heterocycles. The highest BCUT2D eigenvalue weighted by atomic mass is 19.1. The second-order valence-electron chi connectivity index (χ2n) is 2.85. The van der Waals surface area contributed by atoms with Crippen LogP contribution in [0.2, 0.25) is 0 Å². The van der Waals surface area contributed by atoms with Gasteiger partial charge in [-0.25, -0.2) is 4.39 Å². The molecule has 1 aromatic carbocycles. The van der Waals surface area contributed by atoms with Crippen molar-refractivity contribution < 1.29 is 14.3 Å². The lowest BCUT2D eigenvalue weighted by molar-refractivity contribution is 0.0991. The van der Waals surface area contributed by atoms with E-state index in [-0.39, 0.29) is 11.3 Å². The Hall–Kier alpha value is -1.38. The van der Waals surface area contributed by atoms with Crippen molar-refractivity contribution in [3.05, 3.63) is 29.1 Å². The molecular formula is C9H7FO2. The molecule has 1 aliphatic rings. The summed E-state index contributed by atoms with van der Waals surface area (Å²) in [6, 6.07) is 2.74. The zero-order valence-corrected chi connectivity index (χ0v) is 6.30. The van der Waals surface area contributed by atoms with Crippen LogP contribution in [-0.2, 0) is 6.42 Å². The van der Waals surface area contributed by atoms with Gasteiger partial charge in [0.25, 0.3) is 0 Å². The van der Waals surface area contributed by atoms with Gasteiger partial charge < -0.3 is 5.11 Å². The molecule has 0 aromatic heterocycles. The van der Waals surface area contributed by atoms with Crippen LogP contribution in [-0.4, -0.2) is 10.9 Å². The van der Waals surface area contributed by atoms with Crippen LogP contribution in [0.1, 0.15) is 22.3 Å². The van der Waals surface area contributed by atoms with Crippen LogP contribution in [0.4, 0.5) is 4.39 Å². The van der Waals surface area contributed by atoms with Gasteiger partial charge in [-0.1, -0.05) is 6.07 Å². The number of rotatable bonds is 0. The molecule has 0 aliphatic heterocycles. The van der Waals surface area contributed by atoms with Crippen molar-refractivity contribution in [2.24, 2.45) is 0 Å². The number of ketones is 1. The summed E-state index contributed by atoms with van der Waals surface area (Å²) in [5, 5.41) is 9.19. The Morgan fingerprint density at radius 2 is 2.08 bits per heavy atom. The first-order valence-electron chi connectivity index (χ1n) is 3.73. The van der Waals surface area contributed by atoms with Crippen molar-refractivity contribution in [3.8, 4) is 5.75 Å². The predicted molar refractivity (Wildman–Crippen MR) is 40.7 cm³/mol. The number of phenols is 1. The molecule has 0 bridgehead atoms. The fourth-order valence-corrected chi connectivity index (χ4v) is 1.50. The van der Waals surface area contributed by atoms with E-state index in [1.165, 1.54) is 6.07 Å². The number of carbonyl (C=O) groups excluding carboxylic acids is 1. The third-order valence-electron chi connectivity index (χ3n) is 2.12. The van der Waals surface area contributed by atoms with Gasteiger partial charge in [0.15, 0.2) is 17.3 Å². The number of hydrogen-bond acceptors (Lipinski definition) is 2. The normalized spacial score (nSPS) is 14.9. The van der Waals surface area contributed by atoms with Gasteiger partial charge in [-0.15, -0.1) is 0 Å². The number of aryl methyl sites for hydroxylation is 1. The molecule has 0 amide bonds. The fraction of sp³-hybridized carbons (Fsp3) is 0.222. The van der Waals surface area contributed by atoms with E-state index < -0.39 is 11.6 Å². The highest BCUT2D eigenvalue weighted by Gasteiger charge is 2.24. The van der Waals surface area contributed by atoms with Crippen LogP contribution in [0.5, 0.6) is 5.75 Å². The zero-order chi connectivity index (χ0) is 8.72. The van der Waals surface area contributed by atoms with Crippen LogP contribution in [0.25, 0.3) is 0 Å². The first-order valence-corrected chi connectivity index (χ1v) is 3.73. The minimum absolute atomic E-state index is 0.165. The summed E-state index contributed by atoms with van der Waals surface area (Å²) in [6.45, 7) is 0. The molecule has 2 rings (SSSR count). The summed E-state index contributed by atoms with van der Waals surface area (Å²) in [5.41, 5.74) is 0.925. The molecule has 0 saturated carbocycles. The molecule has 1 N–H and O–H groups in total. The lowest BCUT2D eigenvalue weighted by Gasteiger charge is -2.00. The van der Waals surface area contributed by atoms with Gasteiger partial charge in [-0.2, -0.15) is 0 Å². The molecule has 0 fully saturated rings. The molecule has 2 nitrogen and oxygen atoms in total. The van der Waals surface area contributed by atoms with Crippen molar-refractivity contribution >= 4 is 5.78 Å². The zero-order valence-electron chi connectivity index (χ0n) is 6.30. The fourth-order valence-electron chi connectivity index (χ4n) is 1.50. The Morgan fingerprint density at radius 3 is 2.83 bits per heavy atom. The Morgan fingerprint density at radius 1 is 1.33 bits per heavy atom. The van der Waals surface area contributed by atoms with E-state index in [4.69, 9.17) is 0 Å². The number of phenolic OH excluding ortho intramolecular Hbond substituents is 1. The van der Waals surface area contributed by atoms with E-state index in [1.807, 2.05) is 0 Å². The second kappa shape index (κ2) is 2.30. The highest BCUT2D eigenvalue weighted by molar-refractivity contribution is 6.02. The summed E-state index contributed by atoms with van der Waals surface area (Å²) in [7, 11) is 0. The lowest BCUT2D eigenvalue weighted by atomic mass is 10.1. The number of hydrogen-bond donors (Lipinski definition) is 1. The number of halogens is 1. The number of Topliss-reactive ketones (excluding diaryl/α,β-unsaturated/α-hetero) is 1. The molecule has 1 aliphatic carbocycles. The number of aromatic hydroxyl groups is 1. The van der Waals surface area contributed by atoms with E-state index >= 15 is 0 Å². The standard InChI is InChI=1S/C9H7FO2/c10-6-3-1-5-2-4-7(11)8(5)9(6)12/h1,3,12H,2,4H2. The summed E-state index contributed by atoms with van der Waals surface area (Å²) in [6.07, 6.45) is 0.994. The van der Waals surface area contributed by atoms with Crippen LogP contribution in [0.3, 0.4) is 0 Å². The van der Waals surface area contributed by atoms with Crippen molar-refractivity contribution in [1.82, 2.24) is 0 Å². The van der Waals surface area contributed by atoms with Gasteiger partial charge in [-0.05, 0) is 18.1 Å². The number of carbonyl (C=O) groups is 1. The molecule has 0 atom stereocenters. The molecular weight excluding hydrogens is 159 g/mol. The van der Waals surface area contributed by atoms with Crippen LogP contribution >= 0.6 is 0 Å². The van der Waals surface area contributed by atoms with E-state index in [0.29, 0.717) is 12.8 Å². The molecule has 0 spiro atoms. The third kappa shape index (κ3) is 0.826. The maximum atomic E-state index is 12.7. The van der Waals surface area contributed by atoms with Gasteiger partial charge in [-0.3, -0.25) is 4.79 Å².